The van der Waals surface area contributed by atoms with Crippen LogP contribution in [0.1, 0.15) is 30.5 Å². The molecule has 2 aromatic carbocycles. The van der Waals surface area contributed by atoms with Crippen LogP contribution in [0, 0.1) is 13.8 Å². The Bertz CT molecular complexity index is 884. The van der Waals surface area contributed by atoms with Gasteiger partial charge in [0.25, 0.3) is 0 Å². The van der Waals surface area contributed by atoms with E-state index in [9.17, 15) is 5.11 Å². The summed E-state index contributed by atoms with van der Waals surface area (Å²) in [5.41, 5.74) is 4.49. The van der Waals surface area contributed by atoms with Crippen molar-refractivity contribution in [3.8, 4) is 5.75 Å². The van der Waals surface area contributed by atoms with Crippen LogP contribution in [-0.4, -0.2) is 34.9 Å². The molecule has 1 heterocycles. The van der Waals surface area contributed by atoms with Gasteiger partial charge in [-0.3, -0.25) is 0 Å². The lowest BCUT2D eigenvalue weighted by atomic mass is 9.94. The fourth-order valence-corrected chi connectivity index (χ4v) is 3.48. The number of hydrogen-bond donors (Lipinski definition) is 3. The minimum atomic E-state index is -0.564. The average molecular weight is 403 g/mol. The molecule has 0 saturated heterocycles. The summed E-state index contributed by atoms with van der Waals surface area (Å²) in [6.07, 6.45) is 2.39. The van der Waals surface area contributed by atoms with Crippen LogP contribution in [0.2, 0.25) is 0 Å². The topological polar surface area (TPSA) is 57.3 Å². The number of rotatable bonds is 8. The number of aliphatic hydroxyl groups is 1. The van der Waals surface area contributed by atoms with Gasteiger partial charge in [0.05, 0.1) is 0 Å². The van der Waals surface area contributed by atoms with Crippen molar-refractivity contribution in [1.29, 1.82) is 0 Å². The van der Waals surface area contributed by atoms with E-state index < -0.39 is 6.10 Å². The summed E-state index contributed by atoms with van der Waals surface area (Å²) < 4.78 is 5.86. The number of halogens is 1. The fraction of sp³-hybridized carbons (Fsp3) is 0.391. The number of aromatic amines is 1. The van der Waals surface area contributed by atoms with Crippen LogP contribution in [0.15, 0.2) is 48.7 Å². The molecular weight excluding hydrogens is 372 g/mol. The van der Waals surface area contributed by atoms with Gasteiger partial charge in [0, 0.05) is 29.2 Å². The third-order valence-corrected chi connectivity index (χ3v) is 4.95. The summed E-state index contributed by atoms with van der Waals surface area (Å²) in [5.74, 6) is 0.870. The van der Waals surface area contributed by atoms with E-state index in [2.05, 4.69) is 48.5 Å². The average Bonchev–Trinajstić information content (AvgIpc) is 3.02. The maximum atomic E-state index is 10.4. The molecule has 0 fully saturated rings. The van der Waals surface area contributed by atoms with E-state index >= 15 is 0 Å². The van der Waals surface area contributed by atoms with Gasteiger partial charge in [0.2, 0.25) is 0 Å². The van der Waals surface area contributed by atoms with Crippen molar-refractivity contribution in [2.75, 3.05) is 13.2 Å². The Morgan fingerprint density at radius 1 is 1.07 bits per heavy atom. The number of nitrogens with one attached hydrogen (secondary N) is 2. The van der Waals surface area contributed by atoms with E-state index in [4.69, 9.17) is 4.74 Å². The molecule has 0 aliphatic heterocycles. The Labute approximate surface area is 173 Å². The Kier molecular flexibility index (Phi) is 7.53. The monoisotopic (exact) mass is 402 g/mol. The van der Waals surface area contributed by atoms with Gasteiger partial charge in [-0.2, -0.15) is 0 Å². The van der Waals surface area contributed by atoms with Gasteiger partial charge in [-0.1, -0.05) is 36.4 Å². The van der Waals surface area contributed by atoms with E-state index in [0.717, 1.165) is 28.8 Å². The predicted molar refractivity (Wildman–Crippen MR) is 119 cm³/mol. The molecule has 0 saturated carbocycles. The zero-order valence-corrected chi connectivity index (χ0v) is 17.9. The second-order valence-corrected chi connectivity index (χ2v) is 7.99. The van der Waals surface area contributed by atoms with E-state index in [0.29, 0.717) is 6.54 Å². The number of aliphatic hydroxyl groups excluding tert-OH is 1. The summed E-state index contributed by atoms with van der Waals surface area (Å²) in [6, 6.07) is 14.4. The first-order valence-corrected chi connectivity index (χ1v) is 9.53. The zero-order valence-electron chi connectivity index (χ0n) is 17.1. The first-order chi connectivity index (χ1) is 12.9. The maximum absolute atomic E-state index is 10.4. The lowest BCUT2D eigenvalue weighted by Crippen LogP contribution is -2.46. The summed E-state index contributed by atoms with van der Waals surface area (Å²) >= 11 is 0. The molecule has 3 aromatic rings. The van der Waals surface area contributed by atoms with Crippen LogP contribution in [0.25, 0.3) is 10.9 Å². The third kappa shape index (κ3) is 5.51. The van der Waals surface area contributed by atoms with Crippen molar-refractivity contribution in [3.05, 3.63) is 65.4 Å². The van der Waals surface area contributed by atoms with Crippen LogP contribution >= 0.6 is 12.4 Å². The molecular formula is C23H31ClN2O2. The van der Waals surface area contributed by atoms with Gasteiger partial charge in [0.15, 0.2) is 0 Å². The highest BCUT2D eigenvalue weighted by atomic mass is 35.5. The molecule has 1 aromatic heterocycles. The van der Waals surface area contributed by atoms with Crippen molar-refractivity contribution in [2.45, 2.75) is 45.8 Å². The second-order valence-electron chi connectivity index (χ2n) is 7.99. The Morgan fingerprint density at radius 2 is 1.75 bits per heavy atom. The molecule has 152 valence electrons. The molecule has 3 rings (SSSR count). The minimum Gasteiger partial charge on any atom is -0.490 e. The summed E-state index contributed by atoms with van der Waals surface area (Å²) in [4.78, 5) is 3.33. The van der Waals surface area contributed by atoms with E-state index in [1.807, 2.05) is 38.1 Å². The highest BCUT2D eigenvalue weighted by molar-refractivity contribution is 5.85. The van der Waals surface area contributed by atoms with Gasteiger partial charge >= 0.3 is 0 Å². The summed E-state index contributed by atoms with van der Waals surface area (Å²) in [6.45, 7) is 9.14. The van der Waals surface area contributed by atoms with E-state index in [1.165, 1.54) is 10.9 Å². The molecule has 28 heavy (non-hydrogen) atoms. The van der Waals surface area contributed by atoms with Crippen molar-refractivity contribution in [1.82, 2.24) is 10.3 Å². The number of fused-ring (bicyclic) bond motifs is 1. The molecule has 0 bridgehead atoms. The molecule has 1 unspecified atom stereocenters. The molecule has 0 radical (unpaired) electrons. The second kappa shape index (κ2) is 9.46. The SMILES string of the molecule is Cc1cccc(C)c1OCC(O)CNC(C)(C)Cc1c[nH]c2ccccc12.Cl. The Hall–Kier alpha value is -2.01. The van der Waals surface area contributed by atoms with Gasteiger partial charge in [-0.05, 0) is 56.9 Å². The predicted octanol–water partition coefficient (Wildman–Crippen LogP) is 4.56. The van der Waals surface area contributed by atoms with Gasteiger partial charge in [-0.15, -0.1) is 12.4 Å². The highest BCUT2D eigenvalue weighted by Gasteiger charge is 2.21. The van der Waals surface area contributed by atoms with Crippen LogP contribution in [0.3, 0.4) is 0 Å². The minimum absolute atomic E-state index is 0. The van der Waals surface area contributed by atoms with Crippen molar-refractivity contribution in [2.24, 2.45) is 0 Å². The molecule has 3 N–H and O–H groups in total. The fourth-order valence-electron chi connectivity index (χ4n) is 3.48. The number of ether oxygens (including phenoxy) is 1. The molecule has 0 amide bonds. The normalized spacial score (nSPS) is 12.6. The molecule has 5 heteroatoms. The molecule has 0 aliphatic carbocycles. The van der Waals surface area contributed by atoms with Crippen LogP contribution in [0.5, 0.6) is 5.75 Å². The molecule has 0 spiro atoms. The smallest absolute Gasteiger partial charge is 0.125 e. The maximum Gasteiger partial charge on any atom is 0.125 e. The first-order valence-electron chi connectivity index (χ1n) is 9.53. The number of β-amino-alcohol motifs (C(OH)–C–C–N with tert-alkyl or cyclic N) is 1. The van der Waals surface area contributed by atoms with Crippen molar-refractivity contribution >= 4 is 23.3 Å². The number of hydrogen-bond acceptors (Lipinski definition) is 3. The number of aromatic nitrogens is 1. The Balaban J connectivity index is 0.00000280. The third-order valence-electron chi connectivity index (χ3n) is 4.95. The Morgan fingerprint density at radius 3 is 2.46 bits per heavy atom. The van der Waals surface area contributed by atoms with Crippen LogP contribution < -0.4 is 10.1 Å². The summed E-state index contributed by atoms with van der Waals surface area (Å²) in [5, 5.41) is 15.1. The number of benzene rings is 2. The first kappa shape index (κ1) is 22.3. The molecule has 0 aliphatic rings. The van der Waals surface area contributed by atoms with Gasteiger partial charge in [0.1, 0.15) is 18.5 Å². The highest BCUT2D eigenvalue weighted by Crippen LogP contribution is 2.23. The molecule has 1 atom stereocenters. The van der Waals surface area contributed by atoms with Gasteiger partial charge < -0.3 is 20.1 Å². The number of aryl methyl sites for hydroxylation is 2. The summed E-state index contributed by atoms with van der Waals surface area (Å²) in [7, 11) is 0. The van der Waals surface area contributed by atoms with Crippen LogP contribution in [0.4, 0.5) is 0 Å². The number of H-pyrrole nitrogens is 1. The largest absolute Gasteiger partial charge is 0.490 e. The number of para-hydroxylation sites is 2. The van der Waals surface area contributed by atoms with E-state index in [1.54, 1.807) is 0 Å². The quantitative estimate of drug-likeness (QED) is 0.517. The standard InChI is InChI=1S/C23H30N2O2.ClH/c1-16-8-7-9-17(2)22(16)27-15-19(26)14-25-23(3,4)12-18-13-24-21-11-6-5-10-20(18)21;/h5-11,13,19,24-26H,12,14-15H2,1-4H3;1H. The van der Waals surface area contributed by atoms with Crippen molar-refractivity contribution < 1.29 is 9.84 Å². The lowest BCUT2D eigenvalue weighted by molar-refractivity contribution is 0.0982. The van der Waals surface area contributed by atoms with Crippen LogP contribution in [-0.2, 0) is 6.42 Å². The lowest BCUT2D eigenvalue weighted by Gasteiger charge is -2.28. The van der Waals surface area contributed by atoms with Gasteiger partial charge in [-0.25, -0.2) is 0 Å². The van der Waals surface area contributed by atoms with E-state index in [-0.39, 0.29) is 24.6 Å². The van der Waals surface area contributed by atoms with Crippen molar-refractivity contribution in [3.63, 3.8) is 0 Å². The molecule has 4 nitrogen and oxygen atoms in total. The zero-order chi connectivity index (χ0) is 19.4.